The SMILES string of the molecule is COc1ccc(Cl)cc1NCCC(=O)N1CCN(C(=O)c2ccc(OC)c(OC)c2)CC1. The molecule has 0 aliphatic carbocycles. The van der Waals surface area contributed by atoms with Crippen molar-refractivity contribution in [3.8, 4) is 17.2 Å². The normalized spacial score (nSPS) is 13.5. The van der Waals surface area contributed by atoms with Crippen LogP contribution in [0, 0.1) is 0 Å². The van der Waals surface area contributed by atoms with E-state index in [1.54, 1.807) is 60.4 Å². The summed E-state index contributed by atoms with van der Waals surface area (Å²) in [5, 5.41) is 3.79. The van der Waals surface area contributed by atoms with Crippen molar-refractivity contribution in [2.45, 2.75) is 6.42 Å². The topological polar surface area (TPSA) is 80.3 Å². The maximum Gasteiger partial charge on any atom is 0.254 e. The number of ether oxygens (including phenoxy) is 3. The summed E-state index contributed by atoms with van der Waals surface area (Å²) in [7, 11) is 4.67. The number of piperazine rings is 1. The maximum absolute atomic E-state index is 12.9. The highest BCUT2D eigenvalue weighted by atomic mass is 35.5. The molecule has 2 aromatic carbocycles. The zero-order valence-corrected chi connectivity index (χ0v) is 19.3. The molecule has 172 valence electrons. The molecule has 0 aromatic heterocycles. The first-order valence-corrected chi connectivity index (χ1v) is 10.7. The Morgan fingerprint density at radius 1 is 0.875 bits per heavy atom. The lowest BCUT2D eigenvalue weighted by molar-refractivity contribution is -0.132. The minimum Gasteiger partial charge on any atom is -0.495 e. The number of hydrogen-bond donors (Lipinski definition) is 1. The monoisotopic (exact) mass is 461 g/mol. The minimum atomic E-state index is -0.0900. The predicted octanol–water partition coefficient (Wildman–Crippen LogP) is 3.15. The second-order valence-corrected chi connectivity index (χ2v) is 7.70. The third kappa shape index (κ3) is 5.56. The van der Waals surface area contributed by atoms with Crippen LogP contribution < -0.4 is 19.5 Å². The Hall–Kier alpha value is -3.13. The van der Waals surface area contributed by atoms with Gasteiger partial charge in [-0.15, -0.1) is 0 Å². The van der Waals surface area contributed by atoms with Crippen LogP contribution in [-0.4, -0.2) is 75.7 Å². The molecule has 0 saturated carbocycles. The van der Waals surface area contributed by atoms with Crippen LogP contribution >= 0.6 is 11.6 Å². The highest BCUT2D eigenvalue weighted by molar-refractivity contribution is 6.30. The van der Waals surface area contributed by atoms with Crippen LogP contribution in [0.5, 0.6) is 17.2 Å². The smallest absolute Gasteiger partial charge is 0.254 e. The van der Waals surface area contributed by atoms with Crippen LogP contribution in [0.3, 0.4) is 0 Å². The van der Waals surface area contributed by atoms with Crippen LogP contribution in [-0.2, 0) is 4.79 Å². The fraction of sp³-hybridized carbons (Fsp3) is 0.391. The zero-order chi connectivity index (χ0) is 23.1. The van der Waals surface area contributed by atoms with E-state index in [4.69, 9.17) is 25.8 Å². The number of methoxy groups -OCH3 is 3. The molecule has 3 rings (SSSR count). The lowest BCUT2D eigenvalue weighted by atomic mass is 10.1. The quantitative estimate of drug-likeness (QED) is 0.650. The van der Waals surface area contributed by atoms with E-state index in [0.717, 1.165) is 5.69 Å². The molecule has 0 spiro atoms. The average molecular weight is 462 g/mol. The largest absolute Gasteiger partial charge is 0.495 e. The summed E-state index contributed by atoms with van der Waals surface area (Å²) in [5.74, 6) is 1.70. The Bertz CT molecular complexity index is 961. The Morgan fingerprint density at radius 2 is 1.50 bits per heavy atom. The fourth-order valence-corrected chi connectivity index (χ4v) is 3.76. The molecule has 0 unspecified atom stereocenters. The van der Waals surface area contributed by atoms with E-state index in [2.05, 4.69) is 5.32 Å². The van der Waals surface area contributed by atoms with Crippen molar-refractivity contribution in [1.29, 1.82) is 0 Å². The van der Waals surface area contributed by atoms with E-state index in [1.807, 2.05) is 0 Å². The average Bonchev–Trinajstić information content (AvgIpc) is 2.83. The van der Waals surface area contributed by atoms with Crippen molar-refractivity contribution in [2.75, 3.05) is 59.4 Å². The van der Waals surface area contributed by atoms with Gasteiger partial charge in [-0.1, -0.05) is 11.6 Å². The van der Waals surface area contributed by atoms with E-state index in [-0.39, 0.29) is 11.8 Å². The third-order valence-corrected chi connectivity index (χ3v) is 5.60. The second-order valence-electron chi connectivity index (χ2n) is 7.26. The van der Waals surface area contributed by atoms with Crippen molar-refractivity contribution in [1.82, 2.24) is 9.80 Å². The van der Waals surface area contributed by atoms with E-state index < -0.39 is 0 Å². The Morgan fingerprint density at radius 3 is 2.16 bits per heavy atom. The number of halogens is 1. The second kappa shape index (κ2) is 10.9. The lowest BCUT2D eigenvalue weighted by Gasteiger charge is -2.35. The van der Waals surface area contributed by atoms with Gasteiger partial charge in [-0.25, -0.2) is 0 Å². The molecule has 1 aliphatic rings. The summed E-state index contributed by atoms with van der Waals surface area (Å²) in [5.41, 5.74) is 1.28. The molecule has 32 heavy (non-hydrogen) atoms. The molecule has 0 bridgehead atoms. The van der Waals surface area contributed by atoms with Gasteiger partial charge in [-0.3, -0.25) is 9.59 Å². The number of carbonyl (C=O) groups excluding carboxylic acids is 2. The molecule has 0 atom stereocenters. The van der Waals surface area contributed by atoms with E-state index in [9.17, 15) is 9.59 Å². The van der Waals surface area contributed by atoms with Gasteiger partial charge < -0.3 is 29.3 Å². The molecule has 1 heterocycles. The number of anilines is 1. The maximum atomic E-state index is 12.9. The number of nitrogens with zero attached hydrogens (tertiary/aromatic N) is 2. The molecule has 1 saturated heterocycles. The summed E-state index contributed by atoms with van der Waals surface area (Å²) in [4.78, 5) is 29.0. The van der Waals surface area contributed by atoms with Gasteiger partial charge in [-0.05, 0) is 36.4 Å². The van der Waals surface area contributed by atoms with Gasteiger partial charge in [-0.2, -0.15) is 0 Å². The van der Waals surface area contributed by atoms with Crippen LogP contribution in [0.15, 0.2) is 36.4 Å². The molecule has 2 aromatic rings. The zero-order valence-electron chi connectivity index (χ0n) is 18.5. The van der Waals surface area contributed by atoms with Gasteiger partial charge in [0.25, 0.3) is 5.91 Å². The molecule has 0 radical (unpaired) electrons. The number of rotatable bonds is 8. The van der Waals surface area contributed by atoms with E-state index in [0.29, 0.717) is 67.0 Å². The standard InChI is InChI=1S/C23H28ClN3O5/c1-30-19-7-5-17(24)15-18(19)25-9-8-22(28)26-10-12-27(13-11-26)23(29)16-4-6-20(31-2)21(14-16)32-3/h4-7,14-15,25H,8-13H2,1-3H3. The Balaban J connectivity index is 1.49. The first-order chi connectivity index (χ1) is 15.5. The predicted molar refractivity (Wildman–Crippen MR) is 123 cm³/mol. The third-order valence-electron chi connectivity index (χ3n) is 5.37. The minimum absolute atomic E-state index is 0.0386. The van der Waals surface area contributed by atoms with Crippen molar-refractivity contribution in [2.24, 2.45) is 0 Å². The van der Waals surface area contributed by atoms with Crippen LogP contribution in [0.2, 0.25) is 5.02 Å². The molecular weight excluding hydrogens is 434 g/mol. The van der Waals surface area contributed by atoms with Crippen molar-refractivity contribution in [3.05, 3.63) is 47.0 Å². The fourth-order valence-electron chi connectivity index (χ4n) is 3.59. The van der Waals surface area contributed by atoms with Crippen molar-refractivity contribution >= 4 is 29.1 Å². The van der Waals surface area contributed by atoms with Gasteiger partial charge in [0, 0.05) is 49.7 Å². The van der Waals surface area contributed by atoms with Crippen LogP contribution in [0.1, 0.15) is 16.8 Å². The number of nitrogens with one attached hydrogen (secondary N) is 1. The summed E-state index contributed by atoms with van der Waals surface area (Å²) in [6.45, 7) is 2.42. The lowest BCUT2D eigenvalue weighted by Crippen LogP contribution is -2.50. The van der Waals surface area contributed by atoms with Crippen LogP contribution in [0.25, 0.3) is 0 Å². The number of amides is 2. The van der Waals surface area contributed by atoms with Crippen molar-refractivity contribution in [3.63, 3.8) is 0 Å². The van der Waals surface area contributed by atoms with Gasteiger partial charge >= 0.3 is 0 Å². The van der Waals surface area contributed by atoms with Crippen molar-refractivity contribution < 1.29 is 23.8 Å². The first kappa shape index (κ1) is 23.5. The van der Waals surface area contributed by atoms with Gasteiger partial charge in [0.2, 0.25) is 5.91 Å². The molecule has 8 nitrogen and oxygen atoms in total. The highest BCUT2D eigenvalue weighted by Crippen LogP contribution is 2.29. The summed E-state index contributed by atoms with van der Waals surface area (Å²) >= 11 is 6.04. The Kier molecular flexibility index (Phi) is 8.05. The molecular formula is C23H28ClN3O5. The van der Waals surface area contributed by atoms with E-state index in [1.165, 1.54) is 7.11 Å². The van der Waals surface area contributed by atoms with Gasteiger partial charge in [0.1, 0.15) is 5.75 Å². The molecule has 1 N–H and O–H groups in total. The molecule has 1 aliphatic heterocycles. The number of benzene rings is 2. The number of carbonyl (C=O) groups is 2. The molecule has 1 fully saturated rings. The van der Waals surface area contributed by atoms with Gasteiger partial charge in [0.15, 0.2) is 11.5 Å². The first-order valence-electron chi connectivity index (χ1n) is 10.3. The number of hydrogen-bond acceptors (Lipinski definition) is 6. The molecule has 9 heteroatoms. The highest BCUT2D eigenvalue weighted by Gasteiger charge is 2.25. The van der Waals surface area contributed by atoms with Crippen LogP contribution in [0.4, 0.5) is 5.69 Å². The summed E-state index contributed by atoms with van der Waals surface area (Å²) < 4.78 is 15.8. The summed E-state index contributed by atoms with van der Waals surface area (Å²) in [6, 6.07) is 10.4. The van der Waals surface area contributed by atoms with Gasteiger partial charge in [0.05, 0.1) is 27.0 Å². The summed E-state index contributed by atoms with van der Waals surface area (Å²) in [6.07, 6.45) is 0.333. The van der Waals surface area contributed by atoms with E-state index >= 15 is 0 Å². The Labute approximate surface area is 193 Å². The molecule has 2 amide bonds.